The summed E-state index contributed by atoms with van der Waals surface area (Å²) in [5, 5.41) is 23.4. The average molecular weight is 690 g/mol. The van der Waals surface area contributed by atoms with Crippen LogP contribution in [-0.4, -0.2) is 56.4 Å². The van der Waals surface area contributed by atoms with Crippen LogP contribution >= 0.6 is 0 Å². The molecule has 0 saturated heterocycles. The molecule has 48 heavy (non-hydrogen) atoms. The van der Waals surface area contributed by atoms with E-state index in [1.807, 2.05) is 0 Å². The first-order valence-electron chi connectivity index (χ1n) is 13.7. The Hall–Kier alpha value is -6.26. The van der Waals surface area contributed by atoms with Gasteiger partial charge in [0.2, 0.25) is 0 Å². The van der Waals surface area contributed by atoms with Gasteiger partial charge in [0.05, 0.1) is 34.9 Å². The predicted molar refractivity (Wildman–Crippen MR) is 168 cm³/mol. The topological polar surface area (TPSA) is 251 Å². The lowest BCUT2D eigenvalue weighted by Gasteiger charge is -2.27. The van der Waals surface area contributed by atoms with E-state index in [0.717, 1.165) is 12.1 Å². The highest BCUT2D eigenvalue weighted by molar-refractivity contribution is 7.90. The van der Waals surface area contributed by atoms with Crippen LogP contribution in [0, 0.1) is 11.3 Å². The number of nitrogens with zero attached hydrogens (tertiary/aromatic N) is 5. The summed E-state index contributed by atoms with van der Waals surface area (Å²) < 4.78 is 59.5. The molecule has 1 unspecified atom stereocenters. The van der Waals surface area contributed by atoms with Gasteiger partial charge >= 0.3 is 0 Å². The molecule has 1 aromatic heterocycles. The van der Waals surface area contributed by atoms with Gasteiger partial charge in [-0.2, -0.15) is 10.4 Å². The second-order valence-electron chi connectivity index (χ2n) is 10.3. The molecule has 2 aliphatic rings. The average Bonchev–Trinajstić information content (AvgIpc) is 3.49. The zero-order chi connectivity index (χ0) is 34.4. The Balaban J connectivity index is 1.18. The van der Waals surface area contributed by atoms with Crippen LogP contribution in [0.1, 0.15) is 22.0 Å². The maximum atomic E-state index is 12.9. The van der Waals surface area contributed by atoms with Gasteiger partial charge in [0.25, 0.3) is 37.4 Å². The number of carbonyl (C=O) groups excluding carboxylic acids is 2. The third kappa shape index (κ3) is 5.44. The summed E-state index contributed by atoms with van der Waals surface area (Å²) in [6.07, 6.45) is 0. The molecule has 0 fully saturated rings. The third-order valence-electron chi connectivity index (χ3n) is 7.39. The highest BCUT2D eigenvalue weighted by Crippen LogP contribution is 2.38. The standard InChI is InChI=1S/C29H23N9O8S2/c1-46-18-10-6-16(7-11-18)24-21(14-30)26(31)38-27(32-24)25(28(40)35-38)34-33-17-8-12-19(13-9-17)47(42,43)36-23(39)15-37-29(41)20-4-2-3-5-22(20)48(37,44)45/h2-13,24,32H,15,31H2,1H3,(H,35,40)(H,36,39). The van der Waals surface area contributed by atoms with Crippen LogP contribution in [0.15, 0.2) is 103 Å². The van der Waals surface area contributed by atoms with E-state index in [-0.39, 0.29) is 43.9 Å². The van der Waals surface area contributed by atoms with Crippen LogP contribution in [0.2, 0.25) is 0 Å². The molecule has 0 spiro atoms. The van der Waals surface area contributed by atoms with Crippen molar-refractivity contribution in [3.05, 3.63) is 99.9 Å². The van der Waals surface area contributed by atoms with Crippen LogP contribution in [-0.2, 0) is 24.8 Å². The molecule has 2 aliphatic heterocycles. The van der Waals surface area contributed by atoms with Crippen molar-refractivity contribution in [2.45, 2.75) is 15.8 Å². The van der Waals surface area contributed by atoms with Gasteiger partial charge in [-0.25, -0.2) is 30.5 Å². The van der Waals surface area contributed by atoms with Gasteiger partial charge in [-0.05, 0) is 54.1 Å². The monoisotopic (exact) mass is 689 g/mol. The number of hydrogen-bond acceptors (Lipinski definition) is 13. The number of nitrogens with one attached hydrogen (secondary N) is 3. The van der Waals surface area contributed by atoms with Crippen LogP contribution in [0.5, 0.6) is 5.75 Å². The zero-order valence-electron chi connectivity index (χ0n) is 24.6. The first kappa shape index (κ1) is 31.7. The van der Waals surface area contributed by atoms with Gasteiger partial charge in [0, 0.05) is 0 Å². The van der Waals surface area contributed by atoms with Gasteiger partial charge in [0.15, 0.2) is 11.5 Å². The Morgan fingerprint density at radius 3 is 2.40 bits per heavy atom. The lowest BCUT2D eigenvalue weighted by atomic mass is 9.98. The predicted octanol–water partition coefficient (Wildman–Crippen LogP) is 2.07. The van der Waals surface area contributed by atoms with E-state index in [1.165, 1.54) is 48.2 Å². The molecule has 0 bridgehead atoms. The number of nitriles is 1. The number of hydrogen-bond donors (Lipinski definition) is 4. The molecule has 4 aromatic rings. The van der Waals surface area contributed by atoms with Gasteiger partial charge in [-0.3, -0.25) is 19.5 Å². The first-order valence-corrected chi connectivity index (χ1v) is 16.7. The van der Waals surface area contributed by atoms with Crippen LogP contribution in [0.3, 0.4) is 0 Å². The summed E-state index contributed by atoms with van der Waals surface area (Å²) in [5.41, 5.74) is 6.17. The molecule has 3 aromatic carbocycles. The quantitative estimate of drug-likeness (QED) is 0.195. The van der Waals surface area contributed by atoms with Crippen LogP contribution < -0.4 is 26.1 Å². The molecule has 0 saturated carbocycles. The Morgan fingerprint density at radius 2 is 1.75 bits per heavy atom. The Bertz CT molecular complexity index is 2370. The van der Waals surface area contributed by atoms with Crippen LogP contribution in [0.4, 0.5) is 17.2 Å². The van der Waals surface area contributed by atoms with Crippen molar-refractivity contribution in [3.8, 4) is 11.8 Å². The van der Waals surface area contributed by atoms with E-state index in [1.54, 1.807) is 29.0 Å². The molecule has 2 amide bonds. The van der Waals surface area contributed by atoms with Gasteiger partial charge in [-0.15, -0.1) is 5.11 Å². The minimum Gasteiger partial charge on any atom is -0.497 e. The first-order chi connectivity index (χ1) is 22.8. The second kappa shape index (κ2) is 11.8. The Kier molecular flexibility index (Phi) is 7.82. The minimum absolute atomic E-state index is 0.0292. The van der Waals surface area contributed by atoms with Crippen LogP contribution in [0.25, 0.3) is 5.82 Å². The number of azo groups is 1. The van der Waals surface area contributed by atoms with E-state index in [4.69, 9.17) is 10.5 Å². The smallest absolute Gasteiger partial charge is 0.294 e. The number of aromatic nitrogens is 2. The van der Waals surface area contributed by atoms with Gasteiger partial charge in [-0.1, -0.05) is 24.3 Å². The molecule has 6 rings (SSSR count). The third-order valence-corrected chi connectivity index (χ3v) is 10.6. The van der Waals surface area contributed by atoms with Crippen molar-refractivity contribution in [2.75, 3.05) is 19.0 Å². The summed E-state index contributed by atoms with van der Waals surface area (Å²) in [7, 11) is -7.31. The minimum atomic E-state index is -4.49. The number of sulfonamides is 2. The number of amides is 2. The molecule has 1 atom stereocenters. The number of rotatable bonds is 8. The van der Waals surface area contributed by atoms with E-state index >= 15 is 0 Å². The van der Waals surface area contributed by atoms with E-state index in [2.05, 4.69) is 26.7 Å². The lowest BCUT2D eigenvalue weighted by molar-refractivity contribution is -0.119. The lowest BCUT2D eigenvalue weighted by Crippen LogP contribution is -2.42. The summed E-state index contributed by atoms with van der Waals surface area (Å²) >= 11 is 0. The van der Waals surface area contributed by atoms with Crippen molar-refractivity contribution < 1.29 is 31.2 Å². The maximum Gasteiger partial charge on any atom is 0.294 e. The molecule has 244 valence electrons. The molecule has 17 nitrogen and oxygen atoms in total. The number of ether oxygens (including phenoxy) is 1. The SMILES string of the molecule is COc1ccc(C2Nc3c(N=Nc4ccc(S(=O)(=O)NC(=O)CN5C(=O)c6ccccc6S5(=O)=O)cc4)c(=O)[nH]n3C(N)=C2C#N)cc1. The number of H-pyrrole nitrogens is 1. The highest BCUT2D eigenvalue weighted by Gasteiger charge is 2.42. The molecule has 19 heteroatoms. The van der Waals surface area contributed by atoms with Crippen molar-refractivity contribution in [1.29, 1.82) is 5.26 Å². The number of benzene rings is 3. The van der Waals surface area contributed by atoms with E-state index in [9.17, 15) is 36.5 Å². The van der Waals surface area contributed by atoms with E-state index < -0.39 is 50.0 Å². The van der Waals surface area contributed by atoms with Gasteiger partial charge in [0.1, 0.15) is 29.1 Å². The number of anilines is 1. The Morgan fingerprint density at radius 1 is 1.06 bits per heavy atom. The van der Waals surface area contributed by atoms with E-state index in [0.29, 0.717) is 15.6 Å². The molecule has 3 heterocycles. The molecule has 0 radical (unpaired) electrons. The molecular weight excluding hydrogens is 667 g/mol. The fraction of sp³-hybridized carbons (Fsp3) is 0.103. The highest BCUT2D eigenvalue weighted by atomic mass is 32.2. The number of carbonyl (C=O) groups is 2. The fourth-order valence-corrected chi connectivity index (χ4v) is 7.54. The molecule has 0 aliphatic carbocycles. The summed E-state index contributed by atoms with van der Waals surface area (Å²) in [6, 6.07) is 18.3. The van der Waals surface area contributed by atoms with Crippen molar-refractivity contribution in [3.63, 3.8) is 0 Å². The largest absolute Gasteiger partial charge is 0.497 e. The zero-order valence-corrected chi connectivity index (χ0v) is 26.2. The second-order valence-corrected chi connectivity index (χ2v) is 13.8. The number of nitrogens with two attached hydrogens (primary N) is 1. The van der Waals surface area contributed by atoms with Crippen molar-refractivity contribution in [2.24, 2.45) is 16.0 Å². The van der Waals surface area contributed by atoms with Gasteiger partial charge < -0.3 is 15.8 Å². The normalized spacial score (nSPS) is 16.6. The summed E-state index contributed by atoms with van der Waals surface area (Å²) in [6.45, 7) is -1.05. The summed E-state index contributed by atoms with van der Waals surface area (Å²) in [4.78, 5) is 37.3. The maximum absolute atomic E-state index is 12.9. The number of aromatic amines is 1. The number of fused-ring (bicyclic) bond motifs is 2. The number of methoxy groups -OCH3 is 1. The molecule has 5 N–H and O–H groups in total. The molecular formula is C29H23N9O8S2. The van der Waals surface area contributed by atoms with Crippen molar-refractivity contribution in [1.82, 2.24) is 18.8 Å². The van der Waals surface area contributed by atoms with Crippen molar-refractivity contribution >= 4 is 54.9 Å². The Labute approximate surface area is 272 Å². The fourth-order valence-electron chi connectivity index (χ4n) is 5.03. The summed E-state index contributed by atoms with van der Waals surface area (Å²) in [5.74, 6) is -1.51.